The first-order valence-corrected chi connectivity index (χ1v) is 7.18. The molecule has 0 spiro atoms. The van der Waals surface area contributed by atoms with E-state index in [1.54, 1.807) is 0 Å². The largest absolute Gasteiger partial charge is 0.466 e. The second-order valence-electron chi connectivity index (χ2n) is 4.75. The lowest BCUT2D eigenvalue weighted by atomic mass is 10.1. The maximum absolute atomic E-state index is 12.1. The van der Waals surface area contributed by atoms with Gasteiger partial charge in [0.15, 0.2) is 0 Å². The van der Waals surface area contributed by atoms with Crippen molar-refractivity contribution in [1.29, 1.82) is 0 Å². The maximum atomic E-state index is 12.1. The minimum absolute atomic E-state index is 0.00259. The minimum atomic E-state index is -0.00259. The monoisotopic (exact) mass is 299 g/mol. The van der Waals surface area contributed by atoms with Gasteiger partial charge >= 0.3 is 0 Å². The Labute approximate surface area is 110 Å². The van der Waals surface area contributed by atoms with Crippen LogP contribution in [0.25, 0.3) is 0 Å². The Hall–Kier alpha value is -0.770. The van der Waals surface area contributed by atoms with E-state index in [4.69, 9.17) is 4.42 Å². The number of alkyl halides is 1. The van der Waals surface area contributed by atoms with Gasteiger partial charge in [-0.25, -0.2) is 0 Å². The van der Waals surface area contributed by atoms with Crippen molar-refractivity contribution >= 4 is 21.8 Å². The molecule has 0 aliphatic heterocycles. The SMILES string of the molecule is Cc1cc(C(=O)NC2CCCC2CBr)c(C)o1. The lowest BCUT2D eigenvalue weighted by Gasteiger charge is -2.18. The number of hydrogen-bond donors (Lipinski definition) is 1. The van der Waals surface area contributed by atoms with E-state index in [-0.39, 0.29) is 5.91 Å². The van der Waals surface area contributed by atoms with Gasteiger partial charge in [0, 0.05) is 11.4 Å². The first kappa shape index (κ1) is 12.7. The molecule has 1 saturated carbocycles. The van der Waals surface area contributed by atoms with Crippen LogP contribution in [0.15, 0.2) is 10.5 Å². The Morgan fingerprint density at radius 3 is 2.88 bits per heavy atom. The van der Waals surface area contributed by atoms with Crippen LogP contribution in [0.1, 0.15) is 41.1 Å². The van der Waals surface area contributed by atoms with Gasteiger partial charge < -0.3 is 9.73 Å². The zero-order valence-corrected chi connectivity index (χ0v) is 11.8. The summed E-state index contributed by atoms with van der Waals surface area (Å²) in [5, 5.41) is 4.08. The van der Waals surface area contributed by atoms with Gasteiger partial charge in [-0.15, -0.1) is 0 Å². The summed E-state index contributed by atoms with van der Waals surface area (Å²) in [4.78, 5) is 12.1. The predicted molar refractivity (Wildman–Crippen MR) is 70.6 cm³/mol. The maximum Gasteiger partial charge on any atom is 0.255 e. The molecule has 1 amide bonds. The van der Waals surface area contributed by atoms with E-state index in [1.165, 1.54) is 12.8 Å². The van der Waals surface area contributed by atoms with Crippen molar-refractivity contribution in [3.63, 3.8) is 0 Å². The van der Waals surface area contributed by atoms with Gasteiger partial charge in [0.25, 0.3) is 5.91 Å². The highest BCUT2D eigenvalue weighted by molar-refractivity contribution is 9.09. The molecule has 1 aromatic rings. The summed E-state index contributed by atoms with van der Waals surface area (Å²) in [6, 6.07) is 2.11. The van der Waals surface area contributed by atoms with Crippen LogP contribution in [-0.2, 0) is 0 Å². The number of carbonyl (C=O) groups excluding carboxylic acids is 1. The van der Waals surface area contributed by atoms with Crippen molar-refractivity contribution in [2.45, 2.75) is 39.2 Å². The highest BCUT2D eigenvalue weighted by atomic mass is 79.9. The minimum Gasteiger partial charge on any atom is -0.466 e. The normalized spacial score (nSPS) is 23.9. The quantitative estimate of drug-likeness (QED) is 0.871. The van der Waals surface area contributed by atoms with Crippen LogP contribution in [0, 0.1) is 19.8 Å². The van der Waals surface area contributed by atoms with Crippen LogP contribution in [0.5, 0.6) is 0 Å². The number of amides is 1. The lowest BCUT2D eigenvalue weighted by molar-refractivity contribution is 0.0928. The molecule has 0 bridgehead atoms. The van der Waals surface area contributed by atoms with Crippen LogP contribution in [-0.4, -0.2) is 17.3 Å². The smallest absolute Gasteiger partial charge is 0.255 e. The van der Waals surface area contributed by atoms with Crippen molar-refractivity contribution in [3.05, 3.63) is 23.2 Å². The van der Waals surface area contributed by atoms with Crippen LogP contribution < -0.4 is 5.32 Å². The molecule has 0 saturated heterocycles. The first-order chi connectivity index (χ1) is 8.11. The number of carbonyl (C=O) groups is 1. The van der Waals surface area contributed by atoms with E-state index in [0.29, 0.717) is 23.3 Å². The second-order valence-corrected chi connectivity index (χ2v) is 5.40. The predicted octanol–water partition coefficient (Wildman–Crippen LogP) is 3.19. The molecule has 0 aromatic carbocycles. The van der Waals surface area contributed by atoms with E-state index < -0.39 is 0 Å². The van der Waals surface area contributed by atoms with E-state index in [1.807, 2.05) is 19.9 Å². The van der Waals surface area contributed by atoms with Gasteiger partial charge in [0.1, 0.15) is 11.5 Å². The fraction of sp³-hybridized carbons (Fsp3) is 0.615. The van der Waals surface area contributed by atoms with Crippen molar-refractivity contribution in [2.75, 3.05) is 5.33 Å². The lowest BCUT2D eigenvalue weighted by Crippen LogP contribution is -2.38. The fourth-order valence-corrected chi connectivity index (χ4v) is 3.29. The molecular formula is C13H18BrNO2. The second kappa shape index (κ2) is 5.25. The van der Waals surface area contributed by atoms with E-state index in [2.05, 4.69) is 21.2 Å². The Bertz CT molecular complexity index is 414. The first-order valence-electron chi connectivity index (χ1n) is 6.05. The summed E-state index contributed by atoms with van der Waals surface area (Å²) in [6.45, 7) is 3.69. The van der Waals surface area contributed by atoms with E-state index in [9.17, 15) is 4.79 Å². The molecule has 1 N–H and O–H groups in total. The Morgan fingerprint density at radius 1 is 1.53 bits per heavy atom. The molecule has 3 nitrogen and oxygen atoms in total. The zero-order valence-electron chi connectivity index (χ0n) is 10.3. The summed E-state index contributed by atoms with van der Waals surface area (Å²) in [5.74, 6) is 2.05. The van der Waals surface area contributed by atoms with Crippen LogP contribution in [0.2, 0.25) is 0 Å². The number of aryl methyl sites for hydroxylation is 2. The van der Waals surface area contributed by atoms with Gasteiger partial charge in [-0.1, -0.05) is 22.4 Å². The number of furan rings is 1. The molecule has 1 fully saturated rings. The summed E-state index contributed by atoms with van der Waals surface area (Å²) in [5.41, 5.74) is 0.669. The molecule has 2 rings (SSSR count). The summed E-state index contributed by atoms with van der Waals surface area (Å²) in [6.07, 6.45) is 3.47. The number of nitrogens with one attached hydrogen (secondary N) is 1. The average molecular weight is 300 g/mol. The highest BCUT2D eigenvalue weighted by Crippen LogP contribution is 2.27. The number of rotatable bonds is 3. The Kier molecular flexibility index (Phi) is 3.92. The Balaban J connectivity index is 2.04. The van der Waals surface area contributed by atoms with Crippen LogP contribution >= 0.6 is 15.9 Å². The van der Waals surface area contributed by atoms with Gasteiger partial charge in [0.05, 0.1) is 5.56 Å². The molecule has 2 unspecified atom stereocenters. The van der Waals surface area contributed by atoms with Crippen molar-refractivity contribution < 1.29 is 9.21 Å². The standard InChI is InChI=1S/C13H18BrNO2/c1-8-6-11(9(2)17-8)13(16)15-12-5-3-4-10(12)7-14/h6,10,12H,3-5,7H2,1-2H3,(H,15,16). The fourth-order valence-electron chi connectivity index (χ4n) is 2.51. The molecule has 17 heavy (non-hydrogen) atoms. The van der Waals surface area contributed by atoms with Gasteiger partial charge in [-0.2, -0.15) is 0 Å². The van der Waals surface area contributed by atoms with Gasteiger partial charge in [-0.05, 0) is 38.7 Å². The van der Waals surface area contributed by atoms with Crippen molar-refractivity contribution in [1.82, 2.24) is 5.32 Å². The molecule has 1 aromatic heterocycles. The van der Waals surface area contributed by atoms with Crippen LogP contribution in [0.4, 0.5) is 0 Å². The van der Waals surface area contributed by atoms with E-state index in [0.717, 1.165) is 17.5 Å². The van der Waals surface area contributed by atoms with E-state index >= 15 is 0 Å². The molecular weight excluding hydrogens is 282 g/mol. The zero-order chi connectivity index (χ0) is 12.4. The van der Waals surface area contributed by atoms with Crippen LogP contribution in [0.3, 0.4) is 0 Å². The van der Waals surface area contributed by atoms with Gasteiger partial charge in [-0.3, -0.25) is 4.79 Å². The third-order valence-electron chi connectivity index (χ3n) is 3.46. The van der Waals surface area contributed by atoms with Crippen molar-refractivity contribution in [3.8, 4) is 0 Å². The highest BCUT2D eigenvalue weighted by Gasteiger charge is 2.28. The summed E-state index contributed by atoms with van der Waals surface area (Å²) in [7, 11) is 0. The van der Waals surface area contributed by atoms with Crippen molar-refractivity contribution in [2.24, 2.45) is 5.92 Å². The molecule has 1 aliphatic carbocycles. The average Bonchev–Trinajstić information content (AvgIpc) is 2.84. The third kappa shape index (κ3) is 2.73. The molecule has 2 atom stereocenters. The Morgan fingerprint density at radius 2 is 2.29 bits per heavy atom. The number of halogens is 1. The molecule has 4 heteroatoms. The summed E-state index contributed by atoms with van der Waals surface area (Å²) >= 11 is 3.51. The van der Waals surface area contributed by atoms with Gasteiger partial charge in [0.2, 0.25) is 0 Å². The molecule has 1 heterocycles. The topological polar surface area (TPSA) is 42.2 Å². The molecule has 0 radical (unpaired) electrons. The number of hydrogen-bond acceptors (Lipinski definition) is 2. The molecule has 1 aliphatic rings. The summed E-state index contributed by atoms with van der Waals surface area (Å²) < 4.78 is 5.38. The third-order valence-corrected chi connectivity index (χ3v) is 4.29. The molecule has 94 valence electrons.